The Morgan fingerprint density at radius 3 is 2.47 bits per heavy atom. The van der Waals surface area contributed by atoms with Crippen LogP contribution in [0.5, 0.6) is 5.75 Å². The Balaban J connectivity index is 1.59. The molecule has 6 nitrogen and oxygen atoms in total. The van der Waals surface area contributed by atoms with E-state index in [9.17, 15) is 13.2 Å². The molecule has 0 saturated carbocycles. The smallest absolute Gasteiger partial charge is 0.240 e. The first-order valence-electron chi connectivity index (χ1n) is 9.68. The van der Waals surface area contributed by atoms with Gasteiger partial charge < -0.3 is 10.1 Å². The number of nitrogens with one attached hydrogen (secondary N) is 1. The SMILES string of the molecule is Cc1ccc(N(CC(=O)NCCOc2cccc3ccccc23)S(C)(=O)=O)cc1C. The number of fused-ring (bicyclic) bond motifs is 1. The summed E-state index contributed by atoms with van der Waals surface area (Å²) in [5.41, 5.74) is 2.50. The number of ether oxygens (including phenoxy) is 1. The van der Waals surface area contributed by atoms with Crippen LogP contribution in [0.1, 0.15) is 11.1 Å². The molecule has 3 rings (SSSR count). The van der Waals surface area contributed by atoms with Crippen molar-refractivity contribution in [1.29, 1.82) is 0 Å². The number of benzene rings is 3. The third-order valence-corrected chi connectivity index (χ3v) is 6.04. The van der Waals surface area contributed by atoms with Crippen molar-refractivity contribution in [3.63, 3.8) is 0 Å². The molecule has 0 atom stereocenters. The average molecular weight is 427 g/mol. The Bertz CT molecular complexity index is 1150. The van der Waals surface area contributed by atoms with E-state index in [2.05, 4.69) is 5.32 Å². The van der Waals surface area contributed by atoms with Crippen LogP contribution >= 0.6 is 0 Å². The van der Waals surface area contributed by atoms with Gasteiger partial charge in [0.25, 0.3) is 0 Å². The number of sulfonamides is 1. The number of amides is 1. The fourth-order valence-corrected chi connectivity index (χ4v) is 3.99. The van der Waals surface area contributed by atoms with Crippen LogP contribution < -0.4 is 14.4 Å². The number of aryl methyl sites for hydroxylation is 2. The van der Waals surface area contributed by atoms with E-state index in [1.807, 2.05) is 62.4 Å². The Hall–Kier alpha value is -3.06. The molecule has 0 saturated heterocycles. The lowest BCUT2D eigenvalue weighted by molar-refractivity contribution is -0.119. The van der Waals surface area contributed by atoms with E-state index >= 15 is 0 Å². The van der Waals surface area contributed by atoms with Crippen molar-refractivity contribution in [2.75, 3.05) is 30.3 Å². The number of anilines is 1. The summed E-state index contributed by atoms with van der Waals surface area (Å²) < 4.78 is 31.4. The summed E-state index contributed by atoms with van der Waals surface area (Å²) in [5.74, 6) is 0.357. The molecular weight excluding hydrogens is 400 g/mol. The van der Waals surface area contributed by atoms with Crippen LogP contribution in [0.3, 0.4) is 0 Å². The van der Waals surface area contributed by atoms with E-state index in [4.69, 9.17) is 4.74 Å². The van der Waals surface area contributed by atoms with Gasteiger partial charge in [-0.25, -0.2) is 8.42 Å². The van der Waals surface area contributed by atoms with Crippen LogP contribution in [0.4, 0.5) is 5.69 Å². The summed E-state index contributed by atoms with van der Waals surface area (Å²) in [6, 6.07) is 19.0. The normalized spacial score (nSPS) is 11.3. The maximum Gasteiger partial charge on any atom is 0.240 e. The van der Waals surface area contributed by atoms with E-state index in [-0.39, 0.29) is 25.6 Å². The highest BCUT2D eigenvalue weighted by molar-refractivity contribution is 7.92. The molecule has 0 aromatic heterocycles. The molecule has 0 fully saturated rings. The van der Waals surface area contributed by atoms with E-state index in [0.29, 0.717) is 5.69 Å². The van der Waals surface area contributed by atoms with Crippen molar-refractivity contribution in [3.8, 4) is 5.75 Å². The summed E-state index contributed by atoms with van der Waals surface area (Å²) in [6.07, 6.45) is 1.10. The van der Waals surface area contributed by atoms with Crippen LogP contribution in [0.2, 0.25) is 0 Å². The molecule has 7 heteroatoms. The molecular formula is C23H26N2O4S. The van der Waals surface area contributed by atoms with Crippen LogP contribution in [0.15, 0.2) is 60.7 Å². The number of rotatable bonds is 8. The fourth-order valence-electron chi connectivity index (χ4n) is 3.14. The molecule has 1 amide bonds. The molecule has 0 heterocycles. The average Bonchev–Trinajstić information content (AvgIpc) is 2.71. The third-order valence-electron chi connectivity index (χ3n) is 4.90. The van der Waals surface area contributed by atoms with Crippen molar-refractivity contribution in [3.05, 3.63) is 71.8 Å². The summed E-state index contributed by atoms with van der Waals surface area (Å²) in [5, 5.41) is 4.81. The minimum atomic E-state index is -3.60. The molecule has 0 bridgehead atoms. The first-order chi connectivity index (χ1) is 14.3. The lowest BCUT2D eigenvalue weighted by Crippen LogP contribution is -2.41. The van der Waals surface area contributed by atoms with Gasteiger partial charge in [0.15, 0.2) is 0 Å². The molecule has 30 heavy (non-hydrogen) atoms. The molecule has 1 N–H and O–H groups in total. The standard InChI is InChI=1S/C23H26N2O4S/c1-17-11-12-20(15-18(17)2)25(30(3,27)28)16-23(26)24-13-14-29-22-10-6-8-19-7-4-5-9-21(19)22/h4-12,15H,13-14,16H2,1-3H3,(H,24,26). The fraction of sp³-hybridized carbons (Fsp3) is 0.261. The highest BCUT2D eigenvalue weighted by Gasteiger charge is 2.21. The van der Waals surface area contributed by atoms with Crippen LogP contribution in [0.25, 0.3) is 10.8 Å². The molecule has 3 aromatic rings. The zero-order valence-corrected chi connectivity index (χ0v) is 18.2. The summed E-state index contributed by atoms with van der Waals surface area (Å²) in [7, 11) is -3.60. The predicted octanol–water partition coefficient (Wildman–Crippen LogP) is 3.42. The molecule has 3 aromatic carbocycles. The minimum Gasteiger partial charge on any atom is -0.491 e. The van der Waals surface area contributed by atoms with Gasteiger partial charge in [-0.1, -0.05) is 42.5 Å². The van der Waals surface area contributed by atoms with Crippen molar-refractivity contribution >= 4 is 32.4 Å². The summed E-state index contributed by atoms with van der Waals surface area (Å²) in [4.78, 5) is 12.4. The highest BCUT2D eigenvalue weighted by Crippen LogP contribution is 2.25. The number of carbonyl (C=O) groups is 1. The molecule has 0 aliphatic carbocycles. The Labute approximate surface area is 177 Å². The second-order valence-electron chi connectivity index (χ2n) is 7.21. The van der Waals surface area contributed by atoms with Crippen molar-refractivity contribution in [2.24, 2.45) is 0 Å². The lowest BCUT2D eigenvalue weighted by atomic mass is 10.1. The Morgan fingerprint density at radius 1 is 1.00 bits per heavy atom. The summed E-state index contributed by atoms with van der Waals surface area (Å²) in [6.45, 7) is 4.13. The maximum absolute atomic E-state index is 12.4. The van der Waals surface area contributed by atoms with E-state index in [1.54, 1.807) is 12.1 Å². The van der Waals surface area contributed by atoms with Gasteiger partial charge in [-0.2, -0.15) is 0 Å². The largest absolute Gasteiger partial charge is 0.491 e. The summed E-state index contributed by atoms with van der Waals surface area (Å²) >= 11 is 0. The minimum absolute atomic E-state index is 0.270. The second kappa shape index (κ2) is 9.17. The van der Waals surface area contributed by atoms with Gasteiger partial charge in [-0.3, -0.25) is 9.10 Å². The second-order valence-corrected chi connectivity index (χ2v) is 9.12. The third kappa shape index (κ3) is 5.30. The van der Waals surface area contributed by atoms with Gasteiger partial charge in [-0.15, -0.1) is 0 Å². The number of hydrogen-bond donors (Lipinski definition) is 1. The number of hydrogen-bond acceptors (Lipinski definition) is 4. The Morgan fingerprint density at radius 2 is 1.73 bits per heavy atom. The molecule has 0 radical (unpaired) electrons. The Kier molecular flexibility index (Phi) is 6.62. The molecule has 0 aliphatic rings. The number of carbonyl (C=O) groups excluding carboxylic acids is 1. The van der Waals surface area contributed by atoms with E-state index < -0.39 is 10.0 Å². The quantitative estimate of drug-likeness (QED) is 0.560. The van der Waals surface area contributed by atoms with Gasteiger partial charge in [0, 0.05) is 5.39 Å². The zero-order valence-electron chi connectivity index (χ0n) is 17.4. The zero-order chi connectivity index (χ0) is 21.7. The van der Waals surface area contributed by atoms with Crippen LogP contribution in [-0.2, 0) is 14.8 Å². The molecule has 0 aliphatic heterocycles. The monoisotopic (exact) mass is 426 g/mol. The maximum atomic E-state index is 12.4. The number of nitrogens with zero attached hydrogens (tertiary/aromatic N) is 1. The highest BCUT2D eigenvalue weighted by atomic mass is 32.2. The topological polar surface area (TPSA) is 75.7 Å². The van der Waals surface area contributed by atoms with Crippen molar-refractivity contribution in [2.45, 2.75) is 13.8 Å². The van der Waals surface area contributed by atoms with Crippen LogP contribution in [-0.4, -0.2) is 40.3 Å². The molecule has 0 unspecified atom stereocenters. The van der Waals surface area contributed by atoms with Crippen LogP contribution in [0, 0.1) is 13.8 Å². The molecule has 158 valence electrons. The van der Waals surface area contributed by atoms with Gasteiger partial charge in [-0.05, 0) is 48.6 Å². The molecule has 0 spiro atoms. The first kappa shape index (κ1) is 21.6. The van der Waals surface area contributed by atoms with Gasteiger partial charge in [0.05, 0.1) is 18.5 Å². The van der Waals surface area contributed by atoms with Gasteiger partial charge >= 0.3 is 0 Å². The van der Waals surface area contributed by atoms with Gasteiger partial charge in [0.1, 0.15) is 18.9 Å². The van der Waals surface area contributed by atoms with Crippen molar-refractivity contribution in [1.82, 2.24) is 5.32 Å². The van der Waals surface area contributed by atoms with E-state index in [0.717, 1.165) is 38.2 Å². The predicted molar refractivity (Wildman–Crippen MR) is 121 cm³/mol. The first-order valence-corrected chi connectivity index (χ1v) is 11.5. The van der Waals surface area contributed by atoms with Gasteiger partial charge in [0.2, 0.25) is 15.9 Å². The lowest BCUT2D eigenvalue weighted by Gasteiger charge is -2.22. The van der Waals surface area contributed by atoms with E-state index in [1.165, 1.54) is 0 Å². The van der Waals surface area contributed by atoms with Crippen molar-refractivity contribution < 1.29 is 17.9 Å².